The Morgan fingerprint density at radius 3 is 2.19 bits per heavy atom. The highest BCUT2D eigenvalue weighted by atomic mass is 31.2. The van der Waals surface area contributed by atoms with Crippen LogP contribution in [0.15, 0.2) is 0 Å². The predicted molar refractivity (Wildman–Crippen MR) is 115 cm³/mol. The van der Waals surface area contributed by atoms with Crippen molar-refractivity contribution in [1.82, 2.24) is 10.2 Å². The molecule has 2 unspecified atom stereocenters. The van der Waals surface area contributed by atoms with Crippen LogP contribution in [0.25, 0.3) is 0 Å². The number of nitrogens with zero attached hydrogens (tertiary/aromatic N) is 1. The van der Waals surface area contributed by atoms with Gasteiger partial charge in [-0.25, -0.2) is 9.59 Å². The van der Waals surface area contributed by atoms with Gasteiger partial charge in [0.2, 0.25) is 5.91 Å². The maximum absolute atomic E-state index is 12.9. The molecular weight excluding hydrogens is 427 g/mol. The second-order valence-electron chi connectivity index (χ2n) is 8.23. The second kappa shape index (κ2) is 12.4. The summed E-state index contributed by atoms with van der Waals surface area (Å²) in [6.07, 6.45) is 0.264. The molecule has 1 aliphatic rings. The molecule has 0 aliphatic carbocycles. The van der Waals surface area contributed by atoms with Gasteiger partial charge in [-0.05, 0) is 60.3 Å². The third kappa shape index (κ3) is 9.58. The second-order valence-corrected chi connectivity index (χ2v) is 10.3. The molecule has 0 aromatic carbocycles. The lowest BCUT2D eigenvalue weighted by Crippen LogP contribution is -2.53. The fourth-order valence-corrected chi connectivity index (χ4v) is 5.42. The highest BCUT2D eigenvalue weighted by molar-refractivity contribution is 7.53. The van der Waals surface area contributed by atoms with Crippen LogP contribution in [0.5, 0.6) is 0 Å². The number of likely N-dealkylation sites (tertiary alicyclic amines) is 1. The molecule has 1 saturated heterocycles. The zero-order chi connectivity index (χ0) is 23.7. The average Bonchev–Trinajstić information content (AvgIpc) is 2.65. The molecule has 0 spiro atoms. The number of amides is 2. The van der Waals surface area contributed by atoms with Crippen LogP contribution in [0.1, 0.15) is 54.4 Å². The fraction of sp³-hybridized carbons (Fsp3) is 0.850. The van der Waals surface area contributed by atoms with Crippen molar-refractivity contribution >= 4 is 25.6 Å². The number of hydrogen-bond acceptors (Lipinski definition) is 8. The van der Waals surface area contributed by atoms with Crippen LogP contribution in [-0.4, -0.2) is 73.6 Å². The van der Waals surface area contributed by atoms with Crippen LogP contribution in [0.2, 0.25) is 0 Å². The Balaban J connectivity index is 2.83. The topological polar surface area (TPSA) is 120 Å². The molecule has 31 heavy (non-hydrogen) atoms. The van der Waals surface area contributed by atoms with Crippen molar-refractivity contribution < 1.29 is 37.5 Å². The van der Waals surface area contributed by atoms with E-state index in [0.717, 1.165) is 0 Å². The van der Waals surface area contributed by atoms with Crippen LogP contribution in [0.4, 0.5) is 4.79 Å². The van der Waals surface area contributed by atoms with E-state index in [2.05, 4.69) is 5.32 Å². The minimum absolute atomic E-state index is 0.138. The molecule has 0 radical (unpaired) electrons. The molecular formula is C20H37N2O8P. The first-order chi connectivity index (χ1) is 14.4. The highest BCUT2D eigenvalue weighted by Gasteiger charge is 2.40. The molecule has 180 valence electrons. The maximum Gasteiger partial charge on any atom is 0.408 e. The number of hydrogen-bond donors (Lipinski definition) is 1. The molecule has 1 fully saturated rings. The predicted octanol–water partition coefficient (Wildman–Crippen LogP) is 2.95. The number of ether oxygens (including phenoxy) is 2. The number of alkyl carbamates (subject to hydrolysis) is 1. The largest absolute Gasteiger partial charge is 0.464 e. The molecule has 0 aromatic heterocycles. The van der Waals surface area contributed by atoms with E-state index < -0.39 is 37.2 Å². The number of esters is 1. The summed E-state index contributed by atoms with van der Waals surface area (Å²) >= 11 is 0. The monoisotopic (exact) mass is 464 g/mol. The highest BCUT2D eigenvalue weighted by Crippen LogP contribution is 2.51. The zero-order valence-corrected chi connectivity index (χ0v) is 20.4. The summed E-state index contributed by atoms with van der Waals surface area (Å²) in [4.78, 5) is 38.5. The van der Waals surface area contributed by atoms with Gasteiger partial charge in [0.05, 0.1) is 26.0 Å². The van der Waals surface area contributed by atoms with E-state index in [0.29, 0.717) is 6.42 Å². The van der Waals surface area contributed by atoms with Gasteiger partial charge < -0.3 is 28.7 Å². The smallest absolute Gasteiger partial charge is 0.408 e. The molecule has 0 aromatic rings. The van der Waals surface area contributed by atoms with E-state index in [9.17, 15) is 18.9 Å². The maximum atomic E-state index is 12.9. The van der Waals surface area contributed by atoms with Gasteiger partial charge >= 0.3 is 19.7 Å². The minimum Gasteiger partial charge on any atom is -0.464 e. The van der Waals surface area contributed by atoms with Gasteiger partial charge in [-0.2, -0.15) is 0 Å². The molecule has 1 rings (SSSR count). The van der Waals surface area contributed by atoms with E-state index >= 15 is 0 Å². The first kappa shape index (κ1) is 27.4. The quantitative estimate of drug-likeness (QED) is 0.387. The van der Waals surface area contributed by atoms with Gasteiger partial charge in [-0.1, -0.05) is 0 Å². The lowest BCUT2D eigenvalue weighted by atomic mass is 9.92. The van der Waals surface area contributed by atoms with Crippen LogP contribution in [0.3, 0.4) is 0 Å². The summed E-state index contributed by atoms with van der Waals surface area (Å²) in [5.74, 6) is -1.08. The lowest BCUT2D eigenvalue weighted by Gasteiger charge is -2.38. The summed E-state index contributed by atoms with van der Waals surface area (Å²) in [6.45, 7) is 11.0. The fourth-order valence-electron chi connectivity index (χ4n) is 3.38. The van der Waals surface area contributed by atoms with Crippen molar-refractivity contribution in [3.8, 4) is 0 Å². The number of piperidine rings is 1. The Morgan fingerprint density at radius 2 is 1.68 bits per heavy atom. The SMILES string of the molecule is CCOC(=O)C1CC(CP(=O)(OCC)OCC)CCN1C(=O)CNC(=O)OC(C)(C)C. The first-order valence-corrected chi connectivity index (χ1v) is 12.5. The molecule has 10 nitrogen and oxygen atoms in total. The Bertz CT molecular complexity index is 654. The average molecular weight is 464 g/mol. The van der Waals surface area contributed by atoms with Gasteiger partial charge in [0.1, 0.15) is 18.2 Å². The molecule has 2 amide bonds. The van der Waals surface area contributed by atoms with Crippen LogP contribution in [0, 0.1) is 5.92 Å². The van der Waals surface area contributed by atoms with E-state index in [4.69, 9.17) is 18.5 Å². The molecule has 2 atom stereocenters. The van der Waals surface area contributed by atoms with E-state index in [1.807, 2.05) is 0 Å². The summed E-state index contributed by atoms with van der Waals surface area (Å²) < 4.78 is 33.9. The Labute approximate surface area is 184 Å². The molecule has 0 saturated carbocycles. The van der Waals surface area contributed by atoms with Crippen molar-refractivity contribution in [3.63, 3.8) is 0 Å². The lowest BCUT2D eigenvalue weighted by molar-refractivity contribution is -0.157. The standard InChI is InChI=1S/C20H37N2O8P/c1-7-27-18(24)16-12-15(14-31(26,28-8-2)29-9-3)10-11-22(16)17(23)13-21-19(25)30-20(4,5)6/h15-16H,7-14H2,1-6H3,(H,21,25). The van der Waals surface area contributed by atoms with E-state index in [1.54, 1.807) is 41.5 Å². The van der Waals surface area contributed by atoms with Crippen LogP contribution in [-0.2, 0) is 32.7 Å². The van der Waals surface area contributed by atoms with Crippen molar-refractivity contribution in [2.75, 3.05) is 39.1 Å². The van der Waals surface area contributed by atoms with E-state index in [1.165, 1.54) is 4.90 Å². The summed E-state index contributed by atoms with van der Waals surface area (Å²) in [5, 5.41) is 2.42. The van der Waals surface area contributed by atoms with Gasteiger partial charge in [0, 0.05) is 6.54 Å². The molecule has 0 bridgehead atoms. The van der Waals surface area contributed by atoms with E-state index in [-0.39, 0.29) is 51.4 Å². The number of rotatable bonds is 10. The Kier molecular flexibility index (Phi) is 11.0. The van der Waals surface area contributed by atoms with Crippen molar-refractivity contribution in [1.29, 1.82) is 0 Å². The van der Waals surface area contributed by atoms with Crippen molar-refractivity contribution in [3.05, 3.63) is 0 Å². The van der Waals surface area contributed by atoms with Crippen molar-refractivity contribution in [2.24, 2.45) is 5.92 Å². The van der Waals surface area contributed by atoms with Gasteiger partial charge in [-0.3, -0.25) is 9.36 Å². The first-order valence-electron chi connectivity index (χ1n) is 10.8. The summed E-state index contributed by atoms with van der Waals surface area (Å²) in [6, 6.07) is -0.830. The molecule has 11 heteroatoms. The molecule has 1 heterocycles. The van der Waals surface area contributed by atoms with Gasteiger partial charge in [-0.15, -0.1) is 0 Å². The van der Waals surface area contributed by atoms with Crippen LogP contribution < -0.4 is 5.32 Å². The zero-order valence-electron chi connectivity index (χ0n) is 19.5. The summed E-state index contributed by atoms with van der Waals surface area (Å²) in [5.41, 5.74) is -0.687. The summed E-state index contributed by atoms with van der Waals surface area (Å²) in [7, 11) is -3.28. The van der Waals surface area contributed by atoms with Gasteiger partial charge in [0.15, 0.2) is 0 Å². The molecule has 1 N–H and O–H groups in total. The van der Waals surface area contributed by atoms with Crippen molar-refractivity contribution in [2.45, 2.75) is 66.0 Å². The third-order valence-corrected chi connectivity index (χ3v) is 6.77. The number of nitrogens with one attached hydrogen (secondary N) is 1. The normalized spacial score (nSPS) is 19.6. The Morgan fingerprint density at radius 1 is 1.06 bits per heavy atom. The van der Waals surface area contributed by atoms with Gasteiger partial charge in [0.25, 0.3) is 0 Å². The Hall–Kier alpha value is -1.64. The minimum atomic E-state index is -3.28. The number of carbonyl (C=O) groups excluding carboxylic acids is 3. The third-order valence-electron chi connectivity index (χ3n) is 4.51. The molecule has 1 aliphatic heterocycles. The van der Waals surface area contributed by atoms with Crippen LogP contribution >= 0.6 is 7.60 Å². The number of carbonyl (C=O) groups is 3.